The summed E-state index contributed by atoms with van der Waals surface area (Å²) in [5.41, 5.74) is 0.816. The Morgan fingerprint density at radius 2 is 1.73 bits per heavy atom. The summed E-state index contributed by atoms with van der Waals surface area (Å²) >= 11 is 0. The number of fused-ring (bicyclic) bond motifs is 1. The van der Waals surface area contributed by atoms with Gasteiger partial charge in [0, 0.05) is 13.1 Å². The van der Waals surface area contributed by atoms with Crippen LogP contribution in [0.15, 0.2) is 0 Å². The number of rotatable bonds is 0. The van der Waals surface area contributed by atoms with Crippen LogP contribution < -0.4 is 0 Å². The van der Waals surface area contributed by atoms with Crippen molar-refractivity contribution >= 4 is 0 Å². The summed E-state index contributed by atoms with van der Waals surface area (Å²) in [7, 11) is 2.25. The Morgan fingerprint density at radius 3 is 2.18 bits per heavy atom. The Balaban J connectivity index is 1.70. The fourth-order valence-electron chi connectivity index (χ4n) is 3.75. The third-order valence-corrected chi connectivity index (χ3v) is 4.31. The lowest BCUT2D eigenvalue weighted by Crippen LogP contribution is -2.53. The summed E-state index contributed by atoms with van der Waals surface area (Å²) in [6.45, 7) is 5.23. The minimum absolute atomic E-state index is 0.816. The second-order valence-electron chi connectivity index (χ2n) is 5.27. The fraction of sp³-hybridized carbons (Fsp3) is 1.00. The van der Waals surface area contributed by atoms with Crippen LogP contribution >= 0.6 is 0 Å². The van der Waals surface area contributed by atoms with Crippen molar-refractivity contribution in [1.82, 2.24) is 4.90 Å². The van der Waals surface area contributed by atoms with Gasteiger partial charge in [-0.2, -0.15) is 0 Å². The summed E-state index contributed by atoms with van der Waals surface area (Å²) in [6.07, 6.45) is 3.12. The predicted molar refractivity (Wildman–Crippen MR) is 45.3 cm³/mol. The third kappa shape index (κ3) is 0.703. The lowest BCUT2D eigenvalue weighted by molar-refractivity contribution is 0.0142. The molecule has 3 rings (SSSR count). The number of nitrogens with zero attached hydrogens (tertiary/aromatic N) is 1. The molecule has 2 atom stereocenters. The molecule has 0 radical (unpaired) electrons. The van der Waals surface area contributed by atoms with Crippen LogP contribution in [0.25, 0.3) is 0 Å². The fourth-order valence-corrected chi connectivity index (χ4v) is 3.75. The molecule has 0 aromatic carbocycles. The standard InChI is InChI=1S/C10H17N/c1-7-8-3-10(4-9(7)8)5-11(2)6-10/h7-9H,3-6H2,1-2H3. The van der Waals surface area contributed by atoms with E-state index in [4.69, 9.17) is 0 Å². The van der Waals surface area contributed by atoms with Gasteiger partial charge in [-0.25, -0.2) is 0 Å². The second kappa shape index (κ2) is 1.66. The highest BCUT2D eigenvalue weighted by Crippen LogP contribution is 2.65. The minimum atomic E-state index is 0.816. The molecule has 2 aliphatic carbocycles. The molecule has 0 bridgehead atoms. The minimum Gasteiger partial charge on any atom is -0.305 e. The largest absolute Gasteiger partial charge is 0.305 e. The van der Waals surface area contributed by atoms with Gasteiger partial charge in [-0.15, -0.1) is 0 Å². The topological polar surface area (TPSA) is 3.24 Å². The van der Waals surface area contributed by atoms with E-state index < -0.39 is 0 Å². The van der Waals surface area contributed by atoms with Crippen molar-refractivity contribution in [2.45, 2.75) is 19.8 Å². The summed E-state index contributed by atoms with van der Waals surface area (Å²) in [5.74, 6) is 3.37. The third-order valence-electron chi connectivity index (χ3n) is 4.31. The lowest BCUT2D eigenvalue weighted by atomic mass is 9.75. The maximum absolute atomic E-state index is 2.47. The summed E-state index contributed by atoms with van der Waals surface area (Å²) in [4.78, 5) is 2.47. The highest BCUT2D eigenvalue weighted by molar-refractivity contribution is 5.12. The molecule has 11 heavy (non-hydrogen) atoms. The Bertz CT molecular complexity index is 179. The first-order chi connectivity index (χ1) is 5.20. The van der Waals surface area contributed by atoms with Gasteiger partial charge in [-0.3, -0.25) is 0 Å². The number of hydrogen-bond donors (Lipinski definition) is 0. The van der Waals surface area contributed by atoms with Crippen molar-refractivity contribution in [3.05, 3.63) is 0 Å². The van der Waals surface area contributed by atoms with E-state index in [0.717, 1.165) is 23.2 Å². The van der Waals surface area contributed by atoms with E-state index >= 15 is 0 Å². The molecule has 62 valence electrons. The molecular formula is C10H17N. The second-order valence-corrected chi connectivity index (χ2v) is 5.27. The van der Waals surface area contributed by atoms with Gasteiger partial charge in [0.2, 0.25) is 0 Å². The van der Waals surface area contributed by atoms with Gasteiger partial charge in [0.05, 0.1) is 0 Å². The summed E-state index contributed by atoms with van der Waals surface area (Å²) in [5, 5.41) is 0. The molecule has 1 nitrogen and oxygen atoms in total. The molecule has 1 heterocycles. The Kier molecular flexibility index (Phi) is 0.976. The van der Waals surface area contributed by atoms with Crippen LogP contribution in [-0.2, 0) is 0 Å². The molecule has 3 aliphatic rings. The highest BCUT2D eigenvalue weighted by Gasteiger charge is 2.61. The number of hydrogen-bond acceptors (Lipinski definition) is 1. The van der Waals surface area contributed by atoms with Gasteiger partial charge in [0.1, 0.15) is 0 Å². The first-order valence-electron chi connectivity index (χ1n) is 4.89. The molecular weight excluding hydrogens is 134 g/mol. The maximum atomic E-state index is 2.47. The zero-order chi connectivity index (χ0) is 7.64. The van der Waals surface area contributed by atoms with Gasteiger partial charge in [0.25, 0.3) is 0 Å². The van der Waals surface area contributed by atoms with Crippen LogP contribution in [0.5, 0.6) is 0 Å². The van der Waals surface area contributed by atoms with Crippen LogP contribution in [0.3, 0.4) is 0 Å². The Hall–Kier alpha value is -0.0400. The molecule has 1 spiro atoms. The van der Waals surface area contributed by atoms with E-state index in [1.54, 1.807) is 12.8 Å². The average Bonchev–Trinajstić information content (AvgIpc) is 2.42. The van der Waals surface area contributed by atoms with Gasteiger partial charge in [0.15, 0.2) is 0 Å². The maximum Gasteiger partial charge on any atom is 0.00476 e. The van der Waals surface area contributed by atoms with Crippen molar-refractivity contribution in [3.8, 4) is 0 Å². The smallest absolute Gasteiger partial charge is 0.00476 e. The molecule has 0 amide bonds. The van der Waals surface area contributed by atoms with E-state index in [2.05, 4.69) is 18.9 Å². The molecule has 3 fully saturated rings. The zero-order valence-electron chi connectivity index (χ0n) is 7.51. The molecule has 0 aromatic rings. The van der Waals surface area contributed by atoms with Gasteiger partial charge >= 0.3 is 0 Å². The van der Waals surface area contributed by atoms with Gasteiger partial charge < -0.3 is 4.90 Å². The van der Waals surface area contributed by atoms with Crippen molar-refractivity contribution in [2.24, 2.45) is 23.2 Å². The van der Waals surface area contributed by atoms with Gasteiger partial charge in [-0.1, -0.05) is 6.92 Å². The van der Waals surface area contributed by atoms with Crippen molar-refractivity contribution in [2.75, 3.05) is 20.1 Å². The van der Waals surface area contributed by atoms with E-state index in [-0.39, 0.29) is 0 Å². The molecule has 1 saturated heterocycles. The van der Waals surface area contributed by atoms with Crippen molar-refractivity contribution in [3.63, 3.8) is 0 Å². The monoisotopic (exact) mass is 151 g/mol. The average molecular weight is 151 g/mol. The SMILES string of the molecule is CC1C2CC3(CC12)CN(C)C3. The quantitative estimate of drug-likeness (QED) is 0.508. The first-order valence-corrected chi connectivity index (χ1v) is 4.89. The Labute approximate surface area is 68.8 Å². The van der Waals surface area contributed by atoms with Crippen molar-refractivity contribution < 1.29 is 0 Å². The summed E-state index contributed by atoms with van der Waals surface area (Å²) < 4.78 is 0. The first kappa shape index (κ1) is 6.47. The predicted octanol–water partition coefficient (Wildman–Crippen LogP) is 1.59. The molecule has 2 unspecified atom stereocenters. The lowest BCUT2D eigenvalue weighted by Gasteiger charge is -2.47. The van der Waals surface area contributed by atoms with E-state index in [1.165, 1.54) is 13.1 Å². The van der Waals surface area contributed by atoms with Crippen LogP contribution in [0, 0.1) is 23.2 Å². The molecule has 0 aromatic heterocycles. The van der Waals surface area contributed by atoms with Crippen LogP contribution in [0.2, 0.25) is 0 Å². The van der Waals surface area contributed by atoms with Gasteiger partial charge in [-0.05, 0) is 43.1 Å². The summed E-state index contributed by atoms with van der Waals surface area (Å²) in [6, 6.07) is 0. The zero-order valence-corrected chi connectivity index (χ0v) is 7.51. The van der Waals surface area contributed by atoms with Crippen LogP contribution in [0.4, 0.5) is 0 Å². The molecule has 2 saturated carbocycles. The normalized spacial score (nSPS) is 52.4. The Morgan fingerprint density at radius 1 is 1.18 bits per heavy atom. The van der Waals surface area contributed by atoms with E-state index in [0.29, 0.717) is 0 Å². The number of likely N-dealkylation sites (tertiary alicyclic amines) is 1. The molecule has 1 heteroatoms. The molecule has 0 N–H and O–H groups in total. The molecule has 1 aliphatic heterocycles. The van der Waals surface area contributed by atoms with Crippen LogP contribution in [-0.4, -0.2) is 25.0 Å². The highest BCUT2D eigenvalue weighted by atomic mass is 15.2. The van der Waals surface area contributed by atoms with Crippen molar-refractivity contribution in [1.29, 1.82) is 0 Å². The van der Waals surface area contributed by atoms with E-state index in [1.807, 2.05) is 0 Å². The van der Waals surface area contributed by atoms with Crippen LogP contribution in [0.1, 0.15) is 19.8 Å². The van der Waals surface area contributed by atoms with E-state index in [9.17, 15) is 0 Å².